The minimum Gasteiger partial charge on any atom is -0.497 e. The molecule has 188 valence electrons. The minimum atomic E-state index is -0.761. The van der Waals surface area contributed by atoms with Crippen LogP contribution in [-0.4, -0.2) is 63.6 Å². The second kappa shape index (κ2) is 10.1. The average molecular weight is 503 g/mol. The molecule has 10 nitrogen and oxygen atoms in total. The molecule has 3 heterocycles. The Morgan fingerprint density at radius 1 is 0.973 bits per heavy atom. The van der Waals surface area contributed by atoms with E-state index in [2.05, 4.69) is 15.0 Å². The summed E-state index contributed by atoms with van der Waals surface area (Å²) in [6.07, 6.45) is 2.63. The number of benzene rings is 2. The van der Waals surface area contributed by atoms with Crippen LogP contribution in [0.25, 0.3) is 16.9 Å². The van der Waals surface area contributed by atoms with Gasteiger partial charge in [-0.1, -0.05) is 0 Å². The summed E-state index contributed by atoms with van der Waals surface area (Å²) in [7, 11) is 1.61. The van der Waals surface area contributed by atoms with Crippen LogP contribution in [-0.2, 0) is 0 Å². The first-order chi connectivity index (χ1) is 17.9. The van der Waals surface area contributed by atoms with Gasteiger partial charge in [-0.2, -0.15) is 0 Å². The van der Waals surface area contributed by atoms with Gasteiger partial charge in [-0.05, 0) is 48.5 Å². The van der Waals surface area contributed by atoms with Crippen molar-refractivity contribution in [1.29, 1.82) is 0 Å². The van der Waals surface area contributed by atoms with E-state index in [9.17, 15) is 18.8 Å². The second-order valence-electron chi connectivity index (χ2n) is 8.39. The Kier molecular flexibility index (Phi) is 6.50. The lowest BCUT2D eigenvalue weighted by molar-refractivity contribution is 0.0743. The summed E-state index contributed by atoms with van der Waals surface area (Å²) < 4.78 is 19.3. The molecule has 0 bridgehead atoms. The van der Waals surface area contributed by atoms with Crippen molar-refractivity contribution in [1.82, 2.24) is 24.4 Å². The zero-order chi connectivity index (χ0) is 25.9. The topological polar surface area (TPSA) is 113 Å². The number of hydrogen-bond donors (Lipinski definition) is 1. The summed E-state index contributed by atoms with van der Waals surface area (Å²) in [4.78, 5) is 53.3. The van der Waals surface area contributed by atoms with E-state index in [-0.39, 0.29) is 11.3 Å². The third-order valence-corrected chi connectivity index (χ3v) is 6.22. The van der Waals surface area contributed by atoms with Gasteiger partial charge in [0.25, 0.3) is 11.5 Å². The molecule has 0 saturated carbocycles. The third kappa shape index (κ3) is 4.83. The van der Waals surface area contributed by atoms with Crippen molar-refractivity contribution >= 4 is 11.7 Å². The van der Waals surface area contributed by atoms with Crippen molar-refractivity contribution in [2.75, 3.05) is 38.2 Å². The number of amides is 1. The molecule has 0 aliphatic carbocycles. The summed E-state index contributed by atoms with van der Waals surface area (Å²) in [5.41, 5.74) is 0.219. The van der Waals surface area contributed by atoms with E-state index in [0.717, 1.165) is 45.7 Å². The molecule has 1 fully saturated rings. The van der Waals surface area contributed by atoms with Crippen LogP contribution in [0, 0.1) is 5.82 Å². The lowest BCUT2D eigenvalue weighted by Crippen LogP contribution is -2.50. The average Bonchev–Trinajstić information content (AvgIpc) is 2.94. The van der Waals surface area contributed by atoms with Crippen molar-refractivity contribution < 1.29 is 13.9 Å². The number of hydrogen-bond acceptors (Lipinski definition) is 7. The number of carbonyl (C=O) groups excluding carboxylic acids is 1. The number of halogens is 1. The Hall–Kier alpha value is -4.80. The fourth-order valence-corrected chi connectivity index (χ4v) is 4.20. The summed E-state index contributed by atoms with van der Waals surface area (Å²) in [6.45, 7) is 1.71. The Labute approximate surface area is 210 Å². The maximum atomic E-state index is 13.3. The molecule has 5 rings (SSSR count). The zero-order valence-corrected chi connectivity index (χ0v) is 19.9. The number of piperazine rings is 1. The molecular weight excluding hydrogens is 479 g/mol. The van der Waals surface area contributed by atoms with E-state index >= 15 is 0 Å². The molecule has 37 heavy (non-hydrogen) atoms. The van der Waals surface area contributed by atoms with Crippen LogP contribution in [0.15, 0.2) is 76.7 Å². The fourth-order valence-electron chi connectivity index (χ4n) is 4.20. The van der Waals surface area contributed by atoms with Crippen molar-refractivity contribution in [2.24, 2.45) is 0 Å². The van der Waals surface area contributed by atoms with Gasteiger partial charge < -0.3 is 19.5 Å². The molecule has 1 aliphatic heterocycles. The van der Waals surface area contributed by atoms with Crippen LogP contribution in [0.5, 0.6) is 5.75 Å². The minimum absolute atomic E-state index is 0.166. The number of anilines is 1. The molecule has 11 heteroatoms. The number of aromatic nitrogens is 4. The van der Waals surface area contributed by atoms with E-state index in [1.54, 1.807) is 12.0 Å². The van der Waals surface area contributed by atoms with Crippen molar-refractivity contribution in [3.8, 4) is 22.7 Å². The molecule has 4 aromatic rings. The van der Waals surface area contributed by atoms with Crippen molar-refractivity contribution in [2.45, 2.75) is 0 Å². The van der Waals surface area contributed by atoms with E-state index in [1.807, 2.05) is 35.2 Å². The molecule has 1 N–H and O–H groups in total. The molecule has 1 saturated heterocycles. The summed E-state index contributed by atoms with van der Waals surface area (Å²) in [5.74, 6) is 0.498. The van der Waals surface area contributed by atoms with Gasteiger partial charge in [0.15, 0.2) is 0 Å². The summed E-state index contributed by atoms with van der Waals surface area (Å²) >= 11 is 0. The number of rotatable bonds is 5. The van der Waals surface area contributed by atoms with E-state index < -0.39 is 23.0 Å². The number of nitrogens with zero attached hydrogens (tertiary/aromatic N) is 5. The van der Waals surface area contributed by atoms with E-state index in [4.69, 9.17) is 4.74 Å². The van der Waals surface area contributed by atoms with Gasteiger partial charge in [0, 0.05) is 44.0 Å². The number of ether oxygens (including phenoxy) is 1. The molecular formula is C26H23FN6O4. The lowest BCUT2D eigenvalue weighted by Gasteiger charge is -2.35. The predicted molar refractivity (Wildman–Crippen MR) is 135 cm³/mol. The highest BCUT2D eigenvalue weighted by molar-refractivity contribution is 5.93. The van der Waals surface area contributed by atoms with Crippen molar-refractivity contribution in [3.05, 3.63) is 99.3 Å². The number of aromatic amines is 1. The van der Waals surface area contributed by atoms with Gasteiger partial charge in [0.1, 0.15) is 29.3 Å². The summed E-state index contributed by atoms with van der Waals surface area (Å²) in [5, 5.41) is 0. The highest BCUT2D eigenvalue weighted by Gasteiger charge is 2.26. The predicted octanol–water partition coefficient (Wildman–Crippen LogP) is 2.09. The standard InChI is InChI=1S/C26H23FN6O4/c1-37-20-8-2-17(3-9-20)22-14-23(30-16-29-22)31-10-12-32(13-11-31)24(34)21-15-28-26(36)33(25(21)35)19-6-4-18(27)5-7-19/h2-9,14-16H,10-13H2,1H3,(H,28,36). The van der Waals surface area contributed by atoms with Crippen LogP contribution < -0.4 is 20.9 Å². The maximum absolute atomic E-state index is 13.3. The molecule has 2 aromatic heterocycles. The number of carbonyl (C=O) groups is 1. The normalized spacial score (nSPS) is 13.5. The summed E-state index contributed by atoms with van der Waals surface area (Å²) in [6, 6.07) is 14.4. The zero-order valence-electron chi connectivity index (χ0n) is 19.9. The molecule has 1 aliphatic rings. The van der Waals surface area contributed by atoms with Gasteiger partial charge in [-0.25, -0.2) is 23.7 Å². The molecule has 0 atom stereocenters. The van der Waals surface area contributed by atoms with Gasteiger partial charge in [0.2, 0.25) is 0 Å². The Morgan fingerprint density at radius 2 is 1.68 bits per heavy atom. The Bertz CT molecular complexity index is 1540. The number of nitrogens with one attached hydrogen (secondary N) is 1. The van der Waals surface area contributed by atoms with Gasteiger partial charge >= 0.3 is 5.69 Å². The SMILES string of the molecule is COc1ccc(-c2cc(N3CCN(C(=O)c4c[nH]c(=O)n(-c5ccc(F)cc5)c4=O)CC3)ncn2)cc1. The quantitative estimate of drug-likeness (QED) is 0.445. The first-order valence-corrected chi connectivity index (χ1v) is 11.6. The fraction of sp³-hybridized carbons (Fsp3) is 0.192. The molecule has 0 spiro atoms. The molecule has 1 amide bonds. The van der Waals surface area contributed by atoms with Crippen LogP contribution in [0.4, 0.5) is 10.2 Å². The number of methoxy groups -OCH3 is 1. The first kappa shape index (κ1) is 23.9. The smallest absolute Gasteiger partial charge is 0.333 e. The van der Waals surface area contributed by atoms with E-state index in [1.165, 1.54) is 18.5 Å². The number of H-pyrrole nitrogens is 1. The highest BCUT2D eigenvalue weighted by Crippen LogP contribution is 2.24. The largest absolute Gasteiger partial charge is 0.497 e. The van der Waals surface area contributed by atoms with Crippen LogP contribution in [0.3, 0.4) is 0 Å². The second-order valence-corrected chi connectivity index (χ2v) is 8.39. The monoisotopic (exact) mass is 502 g/mol. The Morgan fingerprint density at radius 3 is 2.35 bits per heavy atom. The van der Waals surface area contributed by atoms with Crippen molar-refractivity contribution in [3.63, 3.8) is 0 Å². The van der Waals surface area contributed by atoms with Crippen LogP contribution in [0.2, 0.25) is 0 Å². The first-order valence-electron chi connectivity index (χ1n) is 11.6. The molecule has 2 aromatic carbocycles. The van der Waals surface area contributed by atoms with Crippen LogP contribution in [0.1, 0.15) is 10.4 Å². The van der Waals surface area contributed by atoms with E-state index in [0.29, 0.717) is 26.2 Å². The molecule has 0 unspecified atom stereocenters. The highest BCUT2D eigenvalue weighted by atomic mass is 19.1. The lowest BCUT2D eigenvalue weighted by atomic mass is 10.1. The van der Waals surface area contributed by atoms with Gasteiger partial charge in [0.05, 0.1) is 18.5 Å². The maximum Gasteiger partial charge on any atom is 0.333 e. The van der Waals surface area contributed by atoms with Crippen LogP contribution >= 0.6 is 0 Å². The van der Waals surface area contributed by atoms with Gasteiger partial charge in [-0.15, -0.1) is 0 Å². The Balaban J connectivity index is 1.31. The molecule has 0 radical (unpaired) electrons. The third-order valence-electron chi connectivity index (χ3n) is 6.22. The van der Waals surface area contributed by atoms with Gasteiger partial charge in [-0.3, -0.25) is 9.59 Å².